The fraction of sp³-hybridized carbons (Fsp3) is 1.00. The van der Waals surface area contributed by atoms with Crippen LogP contribution < -0.4 is 5.32 Å². The molecule has 0 saturated carbocycles. The van der Waals surface area contributed by atoms with Gasteiger partial charge in [-0.2, -0.15) is 0 Å². The Hall–Kier alpha value is -0.240. The molecule has 0 aromatic rings. The largest absolute Gasteiger partial charge is 0.395 e. The summed E-state index contributed by atoms with van der Waals surface area (Å²) in [5, 5.41) is 41.2. The lowest BCUT2D eigenvalue weighted by Crippen LogP contribution is -2.67. The van der Waals surface area contributed by atoms with Gasteiger partial charge >= 0.3 is 0 Å². The maximum atomic E-state index is 9.86. The van der Waals surface area contributed by atoms with E-state index in [1.54, 1.807) is 0 Å². The number of hydrogen-bond donors (Lipinski definition) is 5. The van der Waals surface area contributed by atoms with Gasteiger partial charge in [-0.15, -0.1) is 0 Å². The molecule has 120 valence electrons. The predicted molar refractivity (Wildman–Crippen MR) is 75.4 cm³/mol. The minimum Gasteiger partial charge on any atom is -0.395 e. The smallest absolute Gasteiger partial charge is 0.109 e. The summed E-state index contributed by atoms with van der Waals surface area (Å²) in [6.45, 7) is 2.76. The predicted octanol–water partition coefficient (Wildman–Crippen LogP) is -0.611. The Balaban J connectivity index is 2.21. The second kappa shape index (κ2) is 9.65. The van der Waals surface area contributed by atoms with Crippen LogP contribution in [0, 0.1) is 0 Å². The van der Waals surface area contributed by atoms with Gasteiger partial charge in [0.2, 0.25) is 0 Å². The monoisotopic (exact) mass is 291 g/mol. The molecule has 5 atom stereocenters. The average molecular weight is 291 g/mol. The van der Waals surface area contributed by atoms with Crippen molar-refractivity contribution in [1.29, 1.82) is 0 Å². The van der Waals surface area contributed by atoms with Crippen LogP contribution in [0.3, 0.4) is 0 Å². The van der Waals surface area contributed by atoms with E-state index in [1.807, 2.05) is 0 Å². The van der Waals surface area contributed by atoms with Gasteiger partial charge < -0.3 is 30.5 Å². The Morgan fingerprint density at radius 1 is 0.900 bits per heavy atom. The molecule has 0 aromatic heterocycles. The summed E-state index contributed by atoms with van der Waals surface area (Å²) in [5.74, 6) is 0. The first-order valence-corrected chi connectivity index (χ1v) is 7.60. The molecule has 0 amide bonds. The number of rotatable bonds is 9. The standard InChI is InChI=1S/C14H29NO5/c1-2-3-4-5-6-7-20-9-11-13(18)14(19)12(17)10(8-16)15-11/h10-19H,2-9H2,1H3/t10-,11?,12+,13+,14+/m1/s1. The van der Waals surface area contributed by atoms with Crippen LogP contribution in [-0.2, 0) is 4.74 Å². The van der Waals surface area contributed by atoms with Gasteiger partial charge in [-0.25, -0.2) is 0 Å². The lowest BCUT2D eigenvalue weighted by molar-refractivity contribution is -0.129. The number of ether oxygens (including phenoxy) is 1. The summed E-state index contributed by atoms with van der Waals surface area (Å²) >= 11 is 0. The highest BCUT2D eigenvalue weighted by Crippen LogP contribution is 2.16. The first kappa shape index (κ1) is 17.8. The van der Waals surface area contributed by atoms with E-state index in [0.29, 0.717) is 6.61 Å². The van der Waals surface area contributed by atoms with Gasteiger partial charge in [0, 0.05) is 6.61 Å². The molecule has 6 heteroatoms. The lowest BCUT2D eigenvalue weighted by Gasteiger charge is -2.40. The van der Waals surface area contributed by atoms with E-state index in [4.69, 9.17) is 9.84 Å². The molecule has 1 saturated heterocycles. The molecule has 1 heterocycles. The van der Waals surface area contributed by atoms with Crippen molar-refractivity contribution >= 4 is 0 Å². The van der Waals surface area contributed by atoms with Crippen LogP contribution in [0.1, 0.15) is 39.0 Å². The zero-order chi connectivity index (χ0) is 15.0. The zero-order valence-corrected chi connectivity index (χ0v) is 12.2. The average Bonchev–Trinajstić information content (AvgIpc) is 2.46. The van der Waals surface area contributed by atoms with Gasteiger partial charge in [0.25, 0.3) is 0 Å². The van der Waals surface area contributed by atoms with Crippen molar-refractivity contribution in [3.05, 3.63) is 0 Å². The van der Waals surface area contributed by atoms with Crippen molar-refractivity contribution in [2.45, 2.75) is 69.4 Å². The van der Waals surface area contributed by atoms with E-state index >= 15 is 0 Å². The summed E-state index contributed by atoms with van der Waals surface area (Å²) in [4.78, 5) is 0. The van der Waals surface area contributed by atoms with Gasteiger partial charge in [0.1, 0.15) is 6.10 Å². The summed E-state index contributed by atoms with van der Waals surface area (Å²) in [6.07, 6.45) is 2.26. The first-order valence-electron chi connectivity index (χ1n) is 7.60. The molecule has 6 nitrogen and oxygen atoms in total. The van der Waals surface area contributed by atoms with Crippen molar-refractivity contribution in [1.82, 2.24) is 5.32 Å². The van der Waals surface area contributed by atoms with E-state index in [2.05, 4.69) is 12.2 Å². The van der Waals surface area contributed by atoms with Crippen LogP contribution in [0.2, 0.25) is 0 Å². The molecular weight excluding hydrogens is 262 g/mol. The van der Waals surface area contributed by atoms with Crippen LogP contribution >= 0.6 is 0 Å². The zero-order valence-electron chi connectivity index (χ0n) is 12.2. The van der Waals surface area contributed by atoms with Crippen LogP contribution in [0.4, 0.5) is 0 Å². The van der Waals surface area contributed by atoms with Crippen molar-refractivity contribution in [2.75, 3.05) is 19.8 Å². The summed E-state index contributed by atoms with van der Waals surface area (Å²) < 4.78 is 5.50. The quantitative estimate of drug-likeness (QED) is 0.363. The van der Waals surface area contributed by atoms with E-state index in [9.17, 15) is 15.3 Å². The number of aliphatic hydroxyl groups excluding tert-OH is 4. The summed E-state index contributed by atoms with van der Waals surface area (Å²) in [7, 11) is 0. The van der Waals surface area contributed by atoms with Crippen LogP contribution in [-0.4, -0.2) is 70.6 Å². The fourth-order valence-corrected chi connectivity index (χ4v) is 2.48. The molecule has 5 N–H and O–H groups in total. The molecule has 1 aliphatic rings. The van der Waals surface area contributed by atoms with Crippen molar-refractivity contribution in [3.63, 3.8) is 0 Å². The first-order chi connectivity index (χ1) is 9.61. The van der Waals surface area contributed by atoms with Crippen LogP contribution in [0.15, 0.2) is 0 Å². The molecule has 1 fully saturated rings. The molecule has 0 aromatic carbocycles. The number of hydrogen-bond acceptors (Lipinski definition) is 6. The number of unbranched alkanes of at least 4 members (excludes halogenated alkanes) is 4. The Morgan fingerprint density at radius 2 is 1.55 bits per heavy atom. The highest BCUT2D eigenvalue weighted by Gasteiger charge is 2.41. The van der Waals surface area contributed by atoms with Gasteiger partial charge in [0.15, 0.2) is 0 Å². The topological polar surface area (TPSA) is 102 Å². The highest BCUT2D eigenvalue weighted by molar-refractivity contribution is 4.97. The molecule has 0 radical (unpaired) electrons. The third kappa shape index (κ3) is 5.27. The molecule has 0 bridgehead atoms. The second-order valence-electron chi connectivity index (χ2n) is 5.52. The number of nitrogens with one attached hydrogen (secondary N) is 1. The van der Waals surface area contributed by atoms with Crippen molar-refractivity contribution in [3.8, 4) is 0 Å². The van der Waals surface area contributed by atoms with Gasteiger partial charge in [-0.1, -0.05) is 32.6 Å². The van der Waals surface area contributed by atoms with Crippen molar-refractivity contribution < 1.29 is 25.2 Å². The van der Waals surface area contributed by atoms with Crippen LogP contribution in [0.25, 0.3) is 0 Å². The third-order valence-electron chi connectivity index (χ3n) is 3.84. The maximum Gasteiger partial charge on any atom is 0.109 e. The molecule has 0 spiro atoms. The summed E-state index contributed by atoms with van der Waals surface area (Å²) in [5.41, 5.74) is 0. The second-order valence-corrected chi connectivity index (χ2v) is 5.52. The van der Waals surface area contributed by atoms with Gasteiger partial charge in [-0.05, 0) is 6.42 Å². The Kier molecular flexibility index (Phi) is 8.60. The fourth-order valence-electron chi connectivity index (χ4n) is 2.48. The number of aliphatic hydroxyl groups is 4. The normalized spacial score (nSPS) is 34.4. The van der Waals surface area contributed by atoms with E-state index in [-0.39, 0.29) is 13.2 Å². The Labute approximate surface area is 120 Å². The third-order valence-corrected chi connectivity index (χ3v) is 3.84. The molecule has 1 rings (SSSR count). The van der Waals surface area contributed by atoms with Gasteiger partial charge in [-0.3, -0.25) is 0 Å². The van der Waals surface area contributed by atoms with E-state index in [0.717, 1.165) is 12.8 Å². The molecule has 20 heavy (non-hydrogen) atoms. The molecule has 1 aliphatic heterocycles. The molecule has 1 unspecified atom stereocenters. The van der Waals surface area contributed by atoms with E-state index in [1.165, 1.54) is 19.3 Å². The molecule has 0 aliphatic carbocycles. The van der Waals surface area contributed by atoms with Crippen molar-refractivity contribution in [2.24, 2.45) is 0 Å². The minimum absolute atomic E-state index is 0.259. The Morgan fingerprint density at radius 3 is 2.20 bits per heavy atom. The summed E-state index contributed by atoms with van der Waals surface area (Å²) in [6, 6.07) is -1.10. The maximum absolute atomic E-state index is 9.86. The number of piperidine rings is 1. The minimum atomic E-state index is -1.26. The Bertz CT molecular complexity index is 252. The van der Waals surface area contributed by atoms with E-state index < -0.39 is 30.4 Å². The highest BCUT2D eigenvalue weighted by atomic mass is 16.5. The van der Waals surface area contributed by atoms with Crippen LogP contribution in [0.5, 0.6) is 0 Å². The van der Waals surface area contributed by atoms with Gasteiger partial charge in [0.05, 0.1) is 37.5 Å². The lowest BCUT2D eigenvalue weighted by atomic mass is 9.91. The molecular formula is C14H29NO5. The SMILES string of the molecule is CCCCCCCOCC1N[C@H](CO)[C@H](O)[C@H](O)[C@H]1O.